The van der Waals surface area contributed by atoms with Gasteiger partial charge in [-0.15, -0.1) is 0 Å². The van der Waals surface area contributed by atoms with E-state index >= 15 is 0 Å². The number of benzene rings is 1. The molecule has 2 unspecified atom stereocenters. The van der Waals surface area contributed by atoms with Crippen LogP contribution in [0.1, 0.15) is 51.1 Å². The minimum atomic E-state index is 0.154. The number of hydrogen-bond acceptors (Lipinski definition) is 3. The molecule has 0 spiro atoms. The number of ether oxygens (including phenoxy) is 1. The number of allylic oxidation sites excluding steroid dienone is 3. The average molecular weight is 427 g/mol. The van der Waals surface area contributed by atoms with Gasteiger partial charge < -0.3 is 10.1 Å². The first-order chi connectivity index (χ1) is 15.5. The maximum atomic E-state index is 5.93. The largest absolute Gasteiger partial charge is 0.444 e. The number of aliphatic imine (C=N–C) groups is 1. The Balaban J connectivity index is 1.83. The Morgan fingerprint density at radius 2 is 1.97 bits per heavy atom. The van der Waals surface area contributed by atoms with Crippen molar-refractivity contribution in [2.24, 2.45) is 4.99 Å². The highest BCUT2D eigenvalue weighted by molar-refractivity contribution is 5.75. The summed E-state index contributed by atoms with van der Waals surface area (Å²) in [5.41, 5.74) is 8.05. The lowest BCUT2D eigenvalue weighted by molar-refractivity contribution is -0.717. The Labute approximate surface area is 191 Å². The normalized spacial score (nSPS) is 24.3. The Hall–Kier alpha value is -3.40. The van der Waals surface area contributed by atoms with E-state index in [0.29, 0.717) is 11.7 Å². The highest BCUT2D eigenvalue weighted by Crippen LogP contribution is 2.44. The molecule has 1 N–H and O–H groups in total. The minimum absolute atomic E-state index is 0.154. The van der Waals surface area contributed by atoms with Crippen molar-refractivity contribution >= 4 is 5.90 Å². The van der Waals surface area contributed by atoms with Gasteiger partial charge >= 0.3 is 0 Å². The predicted octanol–water partition coefficient (Wildman–Crippen LogP) is 5.98. The number of nitrogens with one attached hydrogen (secondary N) is 1. The van der Waals surface area contributed by atoms with Crippen LogP contribution in [0.5, 0.6) is 0 Å². The molecular weight excluding hydrogens is 394 g/mol. The first-order valence-corrected chi connectivity index (χ1v) is 11.2. The Kier molecular flexibility index (Phi) is 6.13. The van der Waals surface area contributed by atoms with Gasteiger partial charge in [-0.1, -0.05) is 43.0 Å². The molecule has 0 bridgehead atoms. The zero-order valence-electron chi connectivity index (χ0n) is 19.5. The lowest BCUT2D eigenvalue weighted by atomic mass is 9.79. The topological polar surface area (TPSA) is 37.5 Å². The Morgan fingerprint density at radius 3 is 2.72 bits per heavy atom. The van der Waals surface area contributed by atoms with Crippen LogP contribution in [0.3, 0.4) is 0 Å². The summed E-state index contributed by atoms with van der Waals surface area (Å²) in [4.78, 5) is 4.13. The van der Waals surface area contributed by atoms with Gasteiger partial charge in [-0.3, -0.25) is 4.99 Å². The molecule has 2 atom stereocenters. The van der Waals surface area contributed by atoms with Gasteiger partial charge in [-0.05, 0) is 38.0 Å². The smallest absolute Gasteiger partial charge is 0.213 e. The third kappa shape index (κ3) is 3.81. The van der Waals surface area contributed by atoms with Crippen LogP contribution in [0.2, 0.25) is 0 Å². The van der Waals surface area contributed by atoms with Gasteiger partial charge in [0.15, 0.2) is 18.1 Å². The summed E-state index contributed by atoms with van der Waals surface area (Å²) in [7, 11) is 1.72. The molecule has 164 valence electrons. The zero-order valence-corrected chi connectivity index (χ0v) is 19.5. The number of pyridine rings is 1. The summed E-state index contributed by atoms with van der Waals surface area (Å²) in [5, 5.41) is 3.65. The molecule has 2 aliphatic heterocycles. The number of nitrogens with zero attached hydrogens (tertiary/aromatic N) is 2. The van der Waals surface area contributed by atoms with Crippen LogP contribution < -0.4 is 9.88 Å². The van der Waals surface area contributed by atoms with Gasteiger partial charge in [0.05, 0.1) is 11.5 Å². The van der Waals surface area contributed by atoms with E-state index in [2.05, 4.69) is 89.7 Å². The van der Waals surface area contributed by atoms with Crippen LogP contribution in [0.25, 0.3) is 11.3 Å². The molecule has 0 fully saturated rings. The van der Waals surface area contributed by atoms with Crippen molar-refractivity contribution in [3.63, 3.8) is 0 Å². The predicted molar refractivity (Wildman–Crippen MR) is 131 cm³/mol. The average Bonchev–Trinajstić information content (AvgIpc) is 2.86. The fourth-order valence-electron chi connectivity index (χ4n) is 4.98. The Morgan fingerprint density at radius 1 is 1.22 bits per heavy atom. The second-order valence-electron chi connectivity index (χ2n) is 8.44. The van der Waals surface area contributed by atoms with Crippen molar-refractivity contribution in [1.82, 2.24) is 5.32 Å². The van der Waals surface area contributed by atoms with Crippen LogP contribution in [0, 0.1) is 0 Å². The molecule has 0 radical (unpaired) electrons. The lowest BCUT2D eigenvalue weighted by Crippen LogP contribution is -2.48. The van der Waals surface area contributed by atoms with E-state index in [1.165, 1.54) is 22.4 Å². The molecule has 1 aromatic heterocycles. The molecule has 4 heteroatoms. The molecule has 0 aliphatic carbocycles. The van der Waals surface area contributed by atoms with Gasteiger partial charge in [0, 0.05) is 49.5 Å². The van der Waals surface area contributed by atoms with Gasteiger partial charge in [0.25, 0.3) is 0 Å². The second kappa shape index (κ2) is 8.99. The van der Waals surface area contributed by atoms with Gasteiger partial charge in [0.2, 0.25) is 5.69 Å². The molecule has 2 aliphatic rings. The number of aromatic nitrogens is 1. The summed E-state index contributed by atoms with van der Waals surface area (Å²) in [6.45, 7) is 14.8. The van der Waals surface area contributed by atoms with Crippen molar-refractivity contribution in [3.05, 3.63) is 102 Å². The van der Waals surface area contributed by atoms with E-state index in [4.69, 9.17) is 4.74 Å². The number of fused-ring (bicyclic) bond motifs is 6. The van der Waals surface area contributed by atoms with Crippen molar-refractivity contribution in [2.75, 3.05) is 7.05 Å². The third-order valence-corrected chi connectivity index (χ3v) is 6.54. The molecule has 3 heterocycles. The lowest BCUT2D eigenvalue weighted by Gasteiger charge is -2.32. The first-order valence-electron chi connectivity index (χ1n) is 11.2. The van der Waals surface area contributed by atoms with Gasteiger partial charge in [-0.2, -0.15) is 4.57 Å². The summed E-state index contributed by atoms with van der Waals surface area (Å²) in [6.07, 6.45) is 6.19. The zero-order chi connectivity index (χ0) is 22.8. The van der Waals surface area contributed by atoms with E-state index in [0.717, 1.165) is 29.8 Å². The van der Waals surface area contributed by atoms with E-state index in [9.17, 15) is 0 Å². The molecular formula is C28H32N3O+. The maximum Gasteiger partial charge on any atom is 0.213 e. The molecule has 2 aromatic rings. The highest BCUT2D eigenvalue weighted by atomic mass is 16.5. The van der Waals surface area contributed by atoms with Gasteiger partial charge in [-0.25, -0.2) is 0 Å². The van der Waals surface area contributed by atoms with Crippen molar-refractivity contribution in [1.29, 1.82) is 0 Å². The molecule has 32 heavy (non-hydrogen) atoms. The van der Waals surface area contributed by atoms with Crippen molar-refractivity contribution < 1.29 is 9.30 Å². The minimum Gasteiger partial charge on any atom is -0.444 e. The van der Waals surface area contributed by atoms with Gasteiger partial charge in [0.1, 0.15) is 5.76 Å². The highest BCUT2D eigenvalue weighted by Gasteiger charge is 2.42. The van der Waals surface area contributed by atoms with Crippen LogP contribution in [-0.2, 0) is 4.74 Å². The van der Waals surface area contributed by atoms with E-state index < -0.39 is 0 Å². The molecule has 4 nitrogen and oxygen atoms in total. The summed E-state index contributed by atoms with van der Waals surface area (Å²) in [5.74, 6) is 1.36. The van der Waals surface area contributed by atoms with E-state index in [1.807, 2.05) is 13.8 Å². The summed E-state index contributed by atoms with van der Waals surface area (Å²) >= 11 is 0. The van der Waals surface area contributed by atoms with Crippen molar-refractivity contribution in [3.8, 4) is 11.3 Å². The molecule has 1 aromatic carbocycles. The molecule has 0 amide bonds. The SMILES string of the molecule is C=C(O/C(C)=N/C)/C1=C(\C)CCC2C(C(=C)N\C1=C/C)c1ccccc1-c1cccc[n+]12. The Bertz CT molecular complexity index is 1170. The fourth-order valence-corrected chi connectivity index (χ4v) is 4.98. The molecule has 0 saturated carbocycles. The van der Waals surface area contributed by atoms with Crippen LogP contribution >= 0.6 is 0 Å². The number of rotatable bonds is 2. The summed E-state index contributed by atoms with van der Waals surface area (Å²) < 4.78 is 8.35. The maximum absolute atomic E-state index is 5.93. The quantitative estimate of drug-likeness (QED) is 0.278. The number of hydrogen-bond donors (Lipinski definition) is 1. The van der Waals surface area contributed by atoms with E-state index in [1.54, 1.807) is 7.05 Å². The molecule has 0 saturated heterocycles. The third-order valence-electron chi connectivity index (χ3n) is 6.54. The monoisotopic (exact) mass is 426 g/mol. The molecule has 4 rings (SSSR count). The van der Waals surface area contributed by atoms with Crippen LogP contribution in [0.4, 0.5) is 0 Å². The standard InChI is InChI=1S/C28H32N3O/c1-7-24-27(20(4)32-21(5)29-6)18(2)15-16-26-28(19(3)30-24)23-13-9-8-12-22(23)25-14-10-11-17-31(25)26/h7-14,17,26,28,30H,3-4,15-16H2,1-2,5-6H3/q+1/b24-7-,27-18-,29-21+. The summed E-state index contributed by atoms with van der Waals surface area (Å²) in [6, 6.07) is 15.4. The fraction of sp³-hybridized carbons (Fsp3) is 0.286. The first kappa shape index (κ1) is 21.8. The van der Waals surface area contributed by atoms with Crippen LogP contribution in [-0.4, -0.2) is 12.9 Å². The van der Waals surface area contributed by atoms with E-state index in [-0.39, 0.29) is 12.0 Å². The van der Waals surface area contributed by atoms with Crippen LogP contribution in [0.15, 0.2) is 101 Å². The second-order valence-corrected chi connectivity index (χ2v) is 8.44. The van der Waals surface area contributed by atoms with Crippen molar-refractivity contribution in [2.45, 2.75) is 45.6 Å².